The van der Waals surface area contributed by atoms with Gasteiger partial charge in [0.25, 0.3) is 0 Å². The quantitative estimate of drug-likeness (QED) is 0.442. The Morgan fingerprint density at radius 3 is 2.19 bits per heavy atom. The van der Waals surface area contributed by atoms with Crippen LogP contribution in [0.25, 0.3) is 0 Å². The smallest absolute Gasteiger partial charge is 0.319 e. The predicted octanol–water partition coefficient (Wildman–Crippen LogP) is 2.26. The van der Waals surface area contributed by atoms with Crippen LogP contribution >= 0.6 is 0 Å². The summed E-state index contributed by atoms with van der Waals surface area (Å²) in [5.41, 5.74) is 0.822. The molecule has 0 saturated heterocycles. The lowest BCUT2D eigenvalue weighted by Gasteiger charge is -2.09. The summed E-state index contributed by atoms with van der Waals surface area (Å²) in [4.78, 5) is 11.6. The van der Waals surface area contributed by atoms with Crippen molar-refractivity contribution in [1.82, 2.24) is 5.32 Å². The molecule has 0 aliphatic rings. The van der Waals surface area contributed by atoms with E-state index in [1.807, 2.05) is 0 Å². The number of anilines is 1. The molecule has 0 radical (unpaired) electrons. The van der Waals surface area contributed by atoms with Gasteiger partial charge in [0.15, 0.2) is 17.2 Å². The van der Waals surface area contributed by atoms with Crippen LogP contribution in [0, 0.1) is 5.82 Å². The molecule has 2 amide bonds. The molecule has 6 nitrogen and oxygen atoms in total. The van der Waals surface area contributed by atoms with Crippen molar-refractivity contribution in [3.05, 3.63) is 47.8 Å². The van der Waals surface area contributed by atoms with E-state index in [-0.39, 0.29) is 18.0 Å². The van der Waals surface area contributed by atoms with E-state index < -0.39 is 23.3 Å². The fourth-order valence-corrected chi connectivity index (χ4v) is 1.64. The number of halogens is 1. The van der Waals surface area contributed by atoms with Gasteiger partial charge in [-0.25, -0.2) is 9.18 Å². The van der Waals surface area contributed by atoms with Crippen molar-refractivity contribution >= 4 is 11.7 Å². The molecule has 0 spiro atoms. The highest BCUT2D eigenvalue weighted by Crippen LogP contribution is 2.37. The normalized spacial score (nSPS) is 10.1. The number of carbonyl (C=O) groups excluding carboxylic acids is 1. The molecule has 0 atom stereocenters. The highest BCUT2D eigenvalue weighted by atomic mass is 19.1. The van der Waals surface area contributed by atoms with Gasteiger partial charge >= 0.3 is 6.03 Å². The maximum atomic E-state index is 12.7. The number of benzene rings is 2. The van der Waals surface area contributed by atoms with Crippen LogP contribution < -0.4 is 10.6 Å². The number of aromatic hydroxyl groups is 3. The summed E-state index contributed by atoms with van der Waals surface area (Å²) in [6, 6.07) is 7.24. The van der Waals surface area contributed by atoms with Crippen molar-refractivity contribution in [2.45, 2.75) is 6.54 Å². The first-order valence-corrected chi connectivity index (χ1v) is 6.00. The summed E-state index contributed by atoms with van der Waals surface area (Å²) in [5.74, 6) is -2.13. The summed E-state index contributed by atoms with van der Waals surface area (Å²) in [5, 5.41) is 32.7. The Hall–Kier alpha value is -2.96. The van der Waals surface area contributed by atoms with Gasteiger partial charge in [-0.1, -0.05) is 12.1 Å². The Labute approximate surface area is 119 Å². The molecule has 0 aliphatic carbocycles. The number of nitrogens with one attached hydrogen (secondary N) is 2. The number of urea groups is 1. The minimum absolute atomic E-state index is 0.111. The zero-order valence-corrected chi connectivity index (χ0v) is 10.8. The number of hydrogen-bond donors (Lipinski definition) is 5. The van der Waals surface area contributed by atoms with E-state index in [9.17, 15) is 24.5 Å². The number of phenolic OH excluding ortho intramolecular Hbond substituents is 3. The lowest BCUT2D eigenvalue weighted by molar-refractivity contribution is 0.251. The van der Waals surface area contributed by atoms with Crippen molar-refractivity contribution in [1.29, 1.82) is 0 Å². The van der Waals surface area contributed by atoms with Crippen molar-refractivity contribution in [2.24, 2.45) is 0 Å². The second-order valence-electron chi connectivity index (χ2n) is 4.30. The second kappa shape index (κ2) is 6.00. The van der Waals surface area contributed by atoms with Crippen molar-refractivity contribution in [3.8, 4) is 17.2 Å². The fraction of sp³-hybridized carbons (Fsp3) is 0.0714. The summed E-state index contributed by atoms with van der Waals surface area (Å²) >= 11 is 0. The van der Waals surface area contributed by atoms with Crippen molar-refractivity contribution in [3.63, 3.8) is 0 Å². The highest BCUT2D eigenvalue weighted by Gasteiger charge is 2.10. The number of phenols is 3. The van der Waals surface area contributed by atoms with E-state index in [1.165, 1.54) is 24.3 Å². The van der Waals surface area contributed by atoms with Gasteiger partial charge in [0.05, 0.1) is 5.69 Å². The molecule has 2 aromatic carbocycles. The van der Waals surface area contributed by atoms with Crippen LogP contribution in [0.2, 0.25) is 0 Å². The van der Waals surface area contributed by atoms with Gasteiger partial charge in [-0.2, -0.15) is 0 Å². The molecule has 0 aliphatic heterocycles. The lowest BCUT2D eigenvalue weighted by Crippen LogP contribution is -2.28. The predicted molar refractivity (Wildman–Crippen MR) is 73.7 cm³/mol. The van der Waals surface area contributed by atoms with E-state index >= 15 is 0 Å². The van der Waals surface area contributed by atoms with Gasteiger partial charge in [0.1, 0.15) is 5.82 Å². The molecule has 5 N–H and O–H groups in total. The molecule has 7 heteroatoms. The molecule has 0 fully saturated rings. The first kappa shape index (κ1) is 14.4. The minimum atomic E-state index is -0.660. The van der Waals surface area contributed by atoms with Crippen LogP contribution in [-0.4, -0.2) is 21.4 Å². The average molecular weight is 292 g/mol. The largest absolute Gasteiger partial charge is 0.504 e. The molecular weight excluding hydrogens is 279 g/mol. The first-order chi connectivity index (χ1) is 9.95. The maximum absolute atomic E-state index is 12.7. The standard InChI is InChI=1S/C14H13FN2O4/c15-9-3-1-8(2-4-9)7-16-14(21)17-10-5-11(18)13(20)12(19)6-10/h1-6,18-20H,7H2,(H2,16,17,21). The van der Waals surface area contributed by atoms with Gasteiger partial charge < -0.3 is 26.0 Å². The Morgan fingerprint density at radius 1 is 1.05 bits per heavy atom. The molecule has 2 rings (SSSR count). The van der Waals surface area contributed by atoms with E-state index in [0.717, 1.165) is 12.1 Å². The minimum Gasteiger partial charge on any atom is -0.504 e. The topological polar surface area (TPSA) is 102 Å². The van der Waals surface area contributed by atoms with E-state index in [1.54, 1.807) is 0 Å². The molecule has 0 saturated carbocycles. The summed E-state index contributed by atoms with van der Waals surface area (Å²) < 4.78 is 12.7. The van der Waals surface area contributed by atoms with Gasteiger partial charge in [-0.05, 0) is 17.7 Å². The molecule has 0 aromatic heterocycles. The van der Waals surface area contributed by atoms with Crippen LogP contribution in [0.5, 0.6) is 17.2 Å². The second-order valence-corrected chi connectivity index (χ2v) is 4.30. The molecular formula is C14H13FN2O4. The third-order valence-electron chi connectivity index (χ3n) is 2.69. The van der Waals surface area contributed by atoms with Gasteiger partial charge in [0, 0.05) is 18.7 Å². The first-order valence-electron chi connectivity index (χ1n) is 6.00. The summed E-state index contributed by atoms with van der Waals surface area (Å²) in [6.07, 6.45) is 0. The number of amides is 2. The lowest BCUT2D eigenvalue weighted by atomic mass is 10.2. The number of rotatable bonds is 3. The van der Waals surface area contributed by atoms with Crippen LogP contribution in [0.4, 0.5) is 14.9 Å². The third-order valence-corrected chi connectivity index (χ3v) is 2.69. The SMILES string of the molecule is O=C(NCc1ccc(F)cc1)Nc1cc(O)c(O)c(O)c1. The average Bonchev–Trinajstić information content (AvgIpc) is 2.44. The zero-order valence-electron chi connectivity index (χ0n) is 10.8. The third kappa shape index (κ3) is 3.75. The summed E-state index contributed by atoms with van der Waals surface area (Å²) in [7, 11) is 0. The zero-order chi connectivity index (χ0) is 15.4. The fourth-order valence-electron chi connectivity index (χ4n) is 1.64. The van der Waals surface area contributed by atoms with Crippen LogP contribution in [0.1, 0.15) is 5.56 Å². The van der Waals surface area contributed by atoms with Crippen molar-refractivity contribution < 1.29 is 24.5 Å². The van der Waals surface area contributed by atoms with E-state index in [0.29, 0.717) is 5.56 Å². The van der Waals surface area contributed by atoms with Crippen LogP contribution in [-0.2, 0) is 6.54 Å². The Kier molecular flexibility index (Phi) is 4.13. The van der Waals surface area contributed by atoms with Gasteiger partial charge in [0.2, 0.25) is 0 Å². The Bertz CT molecular complexity index is 636. The van der Waals surface area contributed by atoms with Gasteiger partial charge in [-0.15, -0.1) is 0 Å². The Balaban J connectivity index is 1.94. The number of hydrogen-bond acceptors (Lipinski definition) is 4. The number of carbonyl (C=O) groups is 1. The summed E-state index contributed by atoms with van der Waals surface area (Å²) in [6.45, 7) is 0.183. The van der Waals surface area contributed by atoms with Gasteiger partial charge in [-0.3, -0.25) is 0 Å². The monoisotopic (exact) mass is 292 g/mol. The van der Waals surface area contributed by atoms with Crippen molar-refractivity contribution in [2.75, 3.05) is 5.32 Å². The molecule has 110 valence electrons. The Morgan fingerprint density at radius 2 is 1.62 bits per heavy atom. The molecule has 0 unspecified atom stereocenters. The van der Waals surface area contributed by atoms with Crippen LogP contribution in [0.3, 0.4) is 0 Å². The molecule has 0 bridgehead atoms. The molecule has 21 heavy (non-hydrogen) atoms. The van der Waals surface area contributed by atoms with Crippen LogP contribution in [0.15, 0.2) is 36.4 Å². The molecule has 0 heterocycles. The maximum Gasteiger partial charge on any atom is 0.319 e. The molecule has 2 aromatic rings. The van der Waals surface area contributed by atoms with E-state index in [4.69, 9.17) is 0 Å². The highest BCUT2D eigenvalue weighted by molar-refractivity contribution is 5.90. The van der Waals surface area contributed by atoms with E-state index in [2.05, 4.69) is 10.6 Å².